The lowest BCUT2D eigenvalue weighted by atomic mass is 9.92. The fourth-order valence-electron chi connectivity index (χ4n) is 2.91. The standard InChI is InChI=1S/C21H23Cl2NO4/c1-24(13-14-8-17(27-2)12-18(9-14)28-3)21(26)11-16(6-7-25)15-4-5-19(22)20(23)10-15/h4-5,7-10,12,16H,6,11,13H2,1-3H3. The Kier molecular flexibility index (Phi) is 8.15. The van der Waals surface area contributed by atoms with Crippen molar-refractivity contribution < 1.29 is 19.1 Å². The van der Waals surface area contributed by atoms with Gasteiger partial charge in [0.25, 0.3) is 0 Å². The van der Waals surface area contributed by atoms with Gasteiger partial charge in [-0.2, -0.15) is 0 Å². The van der Waals surface area contributed by atoms with Crippen molar-refractivity contribution in [1.29, 1.82) is 0 Å². The molecule has 0 heterocycles. The highest BCUT2D eigenvalue weighted by molar-refractivity contribution is 6.42. The zero-order chi connectivity index (χ0) is 20.7. The van der Waals surface area contributed by atoms with Gasteiger partial charge in [0.2, 0.25) is 5.91 Å². The van der Waals surface area contributed by atoms with E-state index in [9.17, 15) is 9.59 Å². The van der Waals surface area contributed by atoms with E-state index in [1.807, 2.05) is 12.1 Å². The Hall–Kier alpha value is -2.24. The largest absolute Gasteiger partial charge is 0.497 e. The lowest BCUT2D eigenvalue weighted by Crippen LogP contribution is -2.27. The number of carbonyl (C=O) groups excluding carboxylic acids is 2. The van der Waals surface area contributed by atoms with Gasteiger partial charge in [-0.1, -0.05) is 29.3 Å². The van der Waals surface area contributed by atoms with Crippen LogP contribution in [0.5, 0.6) is 11.5 Å². The topological polar surface area (TPSA) is 55.8 Å². The van der Waals surface area contributed by atoms with Crippen LogP contribution in [0.15, 0.2) is 36.4 Å². The summed E-state index contributed by atoms with van der Waals surface area (Å²) in [4.78, 5) is 25.5. The first-order valence-electron chi connectivity index (χ1n) is 8.72. The van der Waals surface area contributed by atoms with E-state index in [4.69, 9.17) is 32.7 Å². The lowest BCUT2D eigenvalue weighted by Gasteiger charge is -2.22. The first-order chi connectivity index (χ1) is 13.4. The molecule has 1 atom stereocenters. The van der Waals surface area contributed by atoms with E-state index >= 15 is 0 Å². The molecule has 0 aliphatic rings. The first kappa shape index (κ1) is 22.1. The average Bonchev–Trinajstić information content (AvgIpc) is 2.69. The van der Waals surface area contributed by atoms with Crippen molar-refractivity contribution in [2.45, 2.75) is 25.3 Å². The van der Waals surface area contributed by atoms with Gasteiger partial charge >= 0.3 is 0 Å². The summed E-state index contributed by atoms with van der Waals surface area (Å²) in [7, 11) is 4.88. The maximum Gasteiger partial charge on any atom is 0.223 e. The second kappa shape index (κ2) is 10.3. The van der Waals surface area contributed by atoms with Crippen LogP contribution >= 0.6 is 23.2 Å². The molecule has 0 aromatic heterocycles. The van der Waals surface area contributed by atoms with E-state index in [1.165, 1.54) is 0 Å². The number of aldehydes is 1. The smallest absolute Gasteiger partial charge is 0.223 e. The molecule has 5 nitrogen and oxygen atoms in total. The number of carbonyl (C=O) groups is 2. The molecule has 0 bridgehead atoms. The van der Waals surface area contributed by atoms with Gasteiger partial charge in [0.1, 0.15) is 17.8 Å². The molecule has 1 unspecified atom stereocenters. The summed E-state index contributed by atoms with van der Waals surface area (Å²) in [6.45, 7) is 0.390. The first-order valence-corrected chi connectivity index (χ1v) is 9.48. The number of rotatable bonds is 9. The Bertz CT molecular complexity index is 819. The fourth-order valence-corrected chi connectivity index (χ4v) is 3.21. The number of amides is 1. The summed E-state index contributed by atoms with van der Waals surface area (Å²) in [5.41, 5.74) is 1.69. The van der Waals surface area contributed by atoms with E-state index in [2.05, 4.69) is 0 Å². The van der Waals surface area contributed by atoms with Crippen molar-refractivity contribution in [2.75, 3.05) is 21.3 Å². The van der Waals surface area contributed by atoms with Gasteiger partial charge in [-0.3, -0.25) is 4.79 Å². The van der Waals surface area contributed by atoms with Crippen molar-refractivity contribution >= 4 is 35.4 Å². The maximum absolute atomic E-state index is 12.8. The maximum atomic E-state index is 12.8. The molecule has 0 radical (unpaired) electrons. The Morgan fingerprint density at radius 3 is 2.25 bits per heavy atom. The minimum atomic E-state index is -0.262. The highest BCUT2D eigenvalue weighted by Crippen LogP contribution is 2.30. The third-order valence-corrected chi connectivity index (χ3v) is 5.21. The van der Waals surface area contributed by atoms with Gasteiger partial charge in [-0.25, -0.2) is 0 Å². The van der Waals surface area contributed by atoms with E-state index in [1.54, 1.807) is 50.4 Å². The molecule has 0 aliphatic carbocycles. The summed E-state index contributed by atoms with van der Waals surface area (Å²) in [6, 6.07) is 10.7. The molecule has 0 saturated heterocycles. The number of benzene rings is 2. The van der Waals surface area contributed by atoms with Crippen LogP contribution in [0, 0.1) is 0 Å². The molecular formula is C21H23Cl2NO4. The van der Waals surface area contributed by atoms with Gasteiger partial charge in [-0.05, 0) is 41.3 Å². The summed E-state index contributed by atoms with van der Waals surface area (Å²) in [6.07, 6.45) is 1.23. The summed E-state index contributed by atoms with van der Waals surface area (Å²) in [5, 5.41) is 0.838. The third kappa shape index (κ3) is 5.88. The number of methoxy groups -OCH3 is 2. The summed E-state index contributed by atoms with van der Waals surface area (Å²) < 4.78 is 10.5. The van der Waals surface area contributed by atoms with Gasteiger partial charge in [0.15, 0.2) is 0 Å². The van der Waals surface area contributed by atoms with Crippen LogP contribution in [0.1, 0.15) is 29.9 Å². The molecule has 0 N–H and O–H groups in total. The molecule has 2 aromatic rings. The minimum absolute atomic E-state index is 0.0836. The SMILES string of the molecule is COc1cc(CN(C)C(=O)CC(CC=O)c2ccc(Cl)c(Cl)c2)cc(OC)c1. The molecule has 0 aliphatic heterocycles. The molecule has 0 saturated carbocycles. The van der Waals surface area contributed by atoms with Crippen molar-refractivity contribution in [2.24, 2.45) is 0 Å². The van der Waals surface area contributed by atoms with Crippen LogP contribution in [0.25, 0.3) is 0 Å². The molecule has 150 valence electrons. The van der Waals surface area contributed by atoms with Crippen LogP contribution < -0.4 is 9.47 Å². The normalized spacial score (nSPS) is 11.6. The number of halogens is 2. The number of nitrogens with zero attached hydrogens (tertiary/aromatic N) is 1. The predicted octanol–water partition coefficient (Wildman–Crippen LogP) is 4.73. The molecule has 2 aromatic carbocycles. The Morgan fingerprint density at radius 2 is 1.71 bits per heavy atom. The monoisotopic (exact) mass is 423 g/mol. The van der Waals surface area contributed by atoms with Crippen molar-refractivity contribution in [3.63, 3.8) is 0 Å². The third-order valence-electron chi connectivity index (χ3n) is 4.47. The summed E-state index contributed by atoms with van der Waals surface area (Å²) >= 11 is 12.0. The Labute approximate surface area is 175 Å². The van der Waals surface area contributed by atoms with Crippen LogP contribution in [0.3, 0.4) is 0 Å². The van der Waals surface area contributed by atoms with E-state index < -0.39 is 0 Å². The van der Waals surface area contributed by atoms with Gasteiger partial charge in [0, 0.05) is 32.5 Å². The molecule has 0 spiro atoms. The second-order valence-electron chi connectivity index (χ2n) is 6.45. The molecule has 7 heteroatoms. The molecule has 28 heavy (non-hydrogen) atoms. The van der Waals surface area contributed by atoms with Crippen LogP contribution in [0.4, 0.5) is 0 Å². The van der Waals surface area contributed by atoms with Crippen LogP contribution in [-0.4, -0.2) is 38.4 Å². The van der Waals surface area contributed by atoms with Gasteiger partial charge < -0.3 is 19.2 Å². The minimum Gasteiger partial charge on any atom is -0.497 e. The van der Waals surface area contributed by atoms with E-state index in [0.29, 0.717) is 28.1 Å². The number of hydrogen-bond acceptors (Lipinski definition) is 4. The highest BCUT2D eigenvalue weighted by atomic mass is 35.5. The Balaban J connectivity index is 2.12. The number of ether oxygens (including phenoxy) is 2. The average molecular weight is 424 g/mol. The van der Waals surface area contributed by atoms with Crippen molar-refractivity contribution in [3.05, 3.63) is 57.6 Å². The quantitative estimate of drug-likeness (QED) is 0.546. The fraction of sp³-hybridized carbons (Fsp3) is 0.333. The van der Waals surface area contributed by atoms with Crippen LogP contribution in [0.2, 0.25) is 10.0 Å². The van der Waals surface area contributed by atoms with Crippen LogP contribution in [-0.2, 0) is 16.1 Å². The van der Waals surface area contributed by atoms with Crippen molar-refractivity contribution in [3.8, 4) is 11.5 Å². The Morgan fingerprint density at radius 1 is 1.07 bits per heavy atom. The zero-order valence-corrected chi connectivity index (χ0v) is 17.6. The van der Waals surface area contributed by atoms with Gasteiger partial charge in [0.05, 0.1) is 24.3 Å². The van der Waals surface area contributed by atoms with E-state index in [0.717, 1.165) is 17.4 Å². The second-order valence-corrected chi connectivity index (χ2v) is 7.26. The van der Waals surface area contributed by atoms with Gasteiger partial charge in [-0.15, -0.1) is 0 Å². The predicted molar refractivity (Wildman–Crippen MR) is 111 cm³/mol. The molecule has 0 fully saturated rings. The molecule has 1 amide bonds. The molecular weight excluding hydrogens is 401 g/mol. The lowest BCUT2D eigenvalue weighted by molar-refractivity contribution is -0.130. The van der Waals surface area contributed by atoms with Crippen molar-refractivity contribution in [1.82, 2.24) is 4.90 Å². The van der Waals surface area contributed by atoms with E-state index in [-0.39, 0.29) is 24.7 Å². The highest BCUT2D eigenvalue weighted by Gasteiger charge is 2.20. The zero-order valence-electron chi connectivity index (χ0n) is 16.1. The number of hydrogen-bond donors (Lipinski definition) is 0. The molecule has 2 rings (SSSR count). The summed E-state index contributed by atoms with van der Waals surface area (Å²) in [5.74, 6) is 0.969.